The molecule has 0 saturated carbocycles. The molecule has 1 unspecified atom stereocenters. The summed E-state index contributed by atoms with van der Waals surface area (Å²) in [5, 5.41) is 10.2. The van der Waals surface area contributed by atoms with Crippen molar-refractivity contribution in [2.75, 3.05) is 0 Å². The first kappa shape index (κ1) is 13.1. The second kappa shape index (κ2) is 6.55. The van der Waals surface area contributed by atoms with Crippen LogP contribution in [0.25, 0.3) is 11.6 Å². The van der Waals surface area contributed by atoms with E-state index < -0.39 is 6.10 Å². The Balaban J connectivity index is 2.17. The summed E-state index contributed by atoms with van der Waals surface area (Å²) in [5.74, 6) is 0. The number of rotatable bonds is 4. The molecule has 0 fully saturated rings. The maximum Gasteiger partial charge on any atom is 0.105 e. The Kier molecular flexibility index (Phi) is 4.52. The van der Waals surface area contributed by atoms with Gasteiger partial charge in [0, 0.05) is 5.57 Å². The molecule has 0 bridgehead atoms. The van der Waals surface area contributed by atoms with Crippen LogP contribution in [-0.2, 0) is 0 Å². The summed E-state index contributed by atoms with van der Waals surface area (Å²) in [4.78, 5) is 0. The van der Waals surface area contributed by atoms with Crippen LogP contribution >= 0.6 is 0 Å². The standard InChI is InChI=1S/C18H16O/c1-2-17(16-11-7-4-8-12-16)18(19)14-13-15-9-5-3-6-10-15/h3-14,18-19H,1H2/b14-13+. The Morgan fingerprint density at radius 2 is 1.58 bits per heavy atom. The van der Waals surface area contributed by atoms with Crippen molar-refractivity contribution in [3.05, 3.63) is 90.2 Å². The van der Waals surface area contributed by atoms with Crippen LogP contribution in [0.3, 0.4) is 0 Å². The molecule has 0 aliphatic heterocycles. The van der Waals surface area contributed by atoms with E-state index >= 15 is 0 Å². The fourth-order valence-corrected chi connectivity index (χ4v) is 1.86. The molecule has 0 aromatic heterocycles. The quantitative estimate of drug-likeness (QED) is 0.813. The van der Waals surface area contributed by atoms with Crippen LogP contribution in [0.1, 0.15) is 11.1 Å². The Morgan fingerprint density at radius 3 is 2.16 bits per heavy atom. The van der Waals surface area contributed by atoms with E-state index in [0.29, 0.717) is 5.57 Å². The summed E-state index contributed by atoms with van der Waals surface area (Å²) in [6.45, 7) is 3.66. The minimum Gasteiger partial charge on any atom is -0.384 e. The Bertz CT molecular complexity index is 590. The van der Waals surface area contributed by atoms with E-state index in [2.05, 4.69) is 12.3 Å². The maximum absolute atomic E-state index is 10.2. The maximum atomic E-state index is 10.2. The van der Waals surface area contributed by atoms with Crippen molar-refractivity contribution in [1.82, 2.24) is 0 Å². The fraction of sp³-hybridized carbons (Fsp3) is 0.0556. The molecule has 1 atom stereocenters. The molecule has 1 heteroatoms. The van der Waals surface area contributed by atoms with Gasteiger partial charge < -0.3 is 5.11 Å². The van der Waals surface area contributed by atoms with Crippen molar-refractivity contribution >= 4 is 11.6 Å². The molecule has 0 amide bonds. The van der Waals surface area contributed by atoms with E-state index in [1.165, 1.54) is 0 Å². The highest BCUT2D eigenvalue weighted by molar-refractivity contribution is 5.70. The number of hydrogen-bond donors (Lipinski definition) is 1. The molecule has 19 heavy (non-hydrogen) atoms. The van der Waals surface area contributed by atoms with Crippen molar-refractivity contribution in [3.63, 3.8) is 0 Å². The fourth-order valence-electron chi connectivity index (χ4n) is 1.86. The zero-order valence-electron chi connectivity index (χ0n) is 10.7. The van der Waals surface area contributed by atoms with Crippen LogP contribution in [0.15, 0.2) is 79.0 Å². The van der Waals surface area contributed by atoms with Crippen LogP contribution < -0.4 is 0 Å². The average Bonchev–Trinajstić information content (AvgIpc) is 2.48. The zero-order valence-corrected chi connectivity index (χ0v) is 10.7. The minimum absolute atomic E-state index is 0.688. The molecule has 1 N–H and O–H groups in total. The summed E-state index contributed by atoms with van der Waals surface area (Å²) < 4.78 is 0. The predicted molar refractivity (Wildman–Crippen MR) is 80.5 cm³/mol. The SMILES string of the molecule is C=C=C(c1ccccc1)C(O)/C=C/c1ccccc1. The van der Waals surface area contributed by atoms with Crippen molar-refractivity contribution < 1.29 is 5.11 Å². The Labute approximate surface area is 113 Å². The number of benzene rings is 2. The molecule has 2 rings (SSSR count). The lowest BCUT2D eigenvalue weighted by Crippen LogP contribution is -2.04. The van der Waals surface area contributed by atoms with Gasteiger partial charge in [-0.3, -0.25) is 0 Å². The highest BCUT2D eigenvalue weighted by atomic mass is 16.3. The van der Waals surface area contributed by atoms with Crippen LogP contribution in [0.5, 0.6) is 0 Å². The van der Waals surface area contributed by atoms with Crippen LogP contribution in [0.2, 0.25) is 0 Å². The van der Waals surface area contributed by atoms with E-state index in [9.17, 15) is 5.11 Å². The van der Waals surface area contributed by atoms with Gasteiger partial charge >= 0.3 is 0 Å². The first-order valence-corrected chi connectivity index (χ1v) is 6.18. The average molecular weight is 248 g/mol. The van der Waals surface area contributed by atoms with E-state index in [-0.39, 0.29) is 0 Å². The van der Waals surface area contributed by atoms with Gasteiger partial charge in [0.1, 0.15) is 6.10 Å². The number of hydrogen-bond acceptors (Lipinski definition) is 1. The highest BCUT2D eigenvalue weighted by Crippen LogP contribution is 2.18. The van der Waals surface area contributed by atoms with Gasteiger partial charge in [-0.1, -0.05) is 79.4 Å². The van der Waals surface area contributed by atoms with Crippen LogP contribution in [-0.4, -0.2) is 11.2 Å². The van der Waals surface area contributed by atoms with Crippen molar-refractivity contribution in [2.24, 2.45) is 0 Å². The first-order valence-electron chi connectivity index (χ1n) is 6.18. The van der Waals surface area contributed by atoms with Gasteiger partial charge in [-0.05, 0) is 11.1 Å². The number of aliphatic hydroxyl groups excluding tert-OH is 1. The van der Waals surface area contributed by atoms with Crippen molar-refractivity contribution in [3.8, 4) is 0 Å². The third-order valence-electron chi connectivity index (χ3n) is 2.84. The molecule has 2 aromatic carbocycles. The lowest BCUT2D eigenvalue weighted by Gasteiger charge is -2.09. The minimum atomic E-state index is -0.708. The highest BCUT2D eigenvalue weighted by Gasteiger charge is 2.08. The lowest BCUT2D eigenvalue weighted by atomic mass is 10.0. The molecule has 0 radical (unpaired) electrons. The monoisotopic (exact) mass is 248 g/mol. The van der Waals surface area contributed by atoms with E-state index in [1.54, 1.807) is 6.08 Å². The molecular weight excluding hydrogens is 232 g/mol. The smallest absolute Gasteiger partial charge is 0.105 e. The lowest BCUT2D eigenvalue weighted by molar-refractivity contribution is 0.281. The second-order valence-corrected chi connectivity index (χ2v) is 4.17. The molecule has 2 aromatic rings. The van der Waals surface area contributed by atoms with Crippen LogP contribution in [0, 0.1) is 0 Å². The summed E-state index contributed by atoms with van der Waals surface area (Å²) in [7, 11) is 0. The van der Waals surface area contributed by atoms with Crippen molar-refractivity contribution in [1.29, 1.82) is 0 Å². The van der Waals surface area contributed by atoms with E-state index in [0.717, 1.165) is 11.1 Å². The van der Waals surface area contributed by atoms with Crippen molar-refractivity contribution in [2.45, 2.75) is 6.10 Å². The molecular formula is C18H16O. The molecule has 1 nitrogen and oxygen atoms in total. The first-order chi connectivity index (χ1) is 9.31. The molecule has 0 aliphatic rings. The van der Waals surface area contributed by atoms with Gasteiger partial charge in [0.15, 0.2) is 0 Å². The Hall–Kier alpha value is -2.34. The van der Waals surface area contributed by atoms with E-state index in [4.69, 9.17) is 0 Å². The van der Waals surface area contributed by atoms with Gasteiger partial charge in [-0.15, -0.1) is 5.73 Å². The van der Waals surface area contributed by atoms with E-state index in [1.807, 2.05) is 66.7 Å². The van der Waals surface area contributed by atoms with Gasteiger partial charge in [-0.25, -0.2) is 0 Å². The second-order valence-electron chi connectivity index (χ2n) is 4.17. The van der Waals surface area contributed by atoms with Gasteiger partial charge in [0.25, 0.3) is 0 Å². The molecule has 0 saturated heterocycles. The normalized spacial score (nSPS) is 12.1. The zero-order chi connectivity index (χ0) is 13.5. The van der Waals surface area contributed by atoms with Gasteiger partial charge in [-0.2, -0.15) is 0 Å². The summed E-state index contributed by atoms with van der Waals surface area (Å²) in [6.07, 6.45) is 2.93. The Morgan fingerprint density at radius 1 is 1.00 bits per heavy atom. The molecule has 0 heterocycles. The molecule has 94 valence electrons. The summed E-state index contributed by atoms with van der Waals surface area (Å²) >= 11 is 0. The predicted octanol–water partition coefficient (Wildman–Crippen LogP) is 3.93. The molecule has 0 aliphatic carbocycles. The summed E-state index contributed by atoms with van der Waals surface area (Å²) in [5.41, 5.74) is 5.49. The topological polar surface area (TPSA) is 20.2 Å². The van der Waals surface area contributed by atoms with Gasteiger partial charge in [0.05, 0.1) is 0 Å². The molecule has 0 spiro atoms. The largest absolute Gasteiger partial charge is 0.384 e. The third kappa shape index (κ3) is 3.56. The number of aliphatic hydroxyl groups is 1. The van der Waals surface area contributed by atoms with Crippen LogP contribution in [0.4, 0.5) is 0 Å². The third-order valence-corrected chi connectivity index (χ3v) is 2.84. The van der Waals surface area contributed by atoms with Gasteiger partial charge in [0.2, 0.25) is 0 Å². The summed E-state index contributed by atoms with van der Waals surface area (Å²) in [6, 6.07) is 19.6.